The van der Waals surface area contributed by atoms with Crippen LogP contribution in [0.1, 0.15) is 34.1 Å². The molecule has 0 atom stereocenters. The van der Waals surface area contributed by atoms with Gasteiger partial charge >= 0.3 is 5.97 Å². The summed E-state index contributed by atoms with van der Waals surface area (Å²) in [6, 6.07) is 9.45. The molecule has 0 radical (unpaired) electrons. The number of nitrogens with one attached hydrogen (secondary N) is 1. The monoisotopic (exact) mass is 403 g/mol. The first-order valence-corrected chi connectivity index (χ1v) is 8.99. The van der Waals surface area contributed by atoms with E-state index in [1.165, 1.54) is 19.1 Å². The fourth-order valence-electron chi connectivity index (χ4n) is 2.65. The number of para-hydroxylation sites is 1. The van der Waals surface area contributed by atoms with Crippen LogP contribution in [0.2, 0.25) is 5.02 Å². The Bertz CT molecular complexity index is 927. The second kappa shape index (κ2) is 8.75. The van der Waals surface area contributed by atoms with Crippen LogP contribution in [0, 0.1) is 0 Å². The van der Waals surface area contributed by atoms with Gasteiger partial charge in [0.2, 0.25) is 0 Å². The van der Waals surface area contributed by atoms with Gasteiger partial charge < -0.3 is 19.5 Å². The number of carbonyl (C=O) groups excluding carboxylic acids is 3. The van der Waals surface area contributed by atoms with E-state index in [2.05, 4.69) is 5.32 Å². The average Bonchev–Trinajstić information content (AvgIpc) is 2.92. The third-order valence-electron chi connectivity index (χ3n) is 3.95. The summed E-state index contributed by atoms with van der Waals surface area (Å²) in [5, 5.41) is 2.79. The lowest BCUT2D eigenvalue weighted by atomic mass is 10.1. The topological polar surface area (TPSA) is 90.9 Å². The number of hydrogen-bond acceptors (Lipinski definition) is 6. The number of amides is 1. The SMILES string of the molecule is CC(=O)c1ccccc1NC(=O)COC(=O)c1cc(Cl)c2c(c1)OCCCO2. The third-order valence-corrected chi connectivity index (χ3v) is 4.23. The number of Topliss-reactive ketones (excluding diaryl/α,β-unsaturated/α-hetero) is 1. The van der Waals surface area contributed by atoms with E-state index in [4.69, 9.17) is 25.8 Å². The number of esters is 1. The van der Waals surface area contributed by atoms with Crippen LogP contribution in [-0.4, -0.2) is 37.5 Å². The standard InChI is InChI=1S/C20H18ClNO6/c1-12(23)14-5-2-3-6-16(14)22-18(24)11-28-20(25)13-9-15(21)19-17(10-13)26-7-4-8-27-19/h2-3,5-6,9-10H,4,7-8,11H2,1H3,(H,22,24). The molecule has 0 saturated heterocycles. The third kappa shape index (κ3) is 4.61. The van der Waals surface area contributed by atoms with Crippen LogP contribution in [0.25, 0.3) is 0 Å². The normalized spacial score (nSPS) is 12.6. The maximum absolute atomic E-state index is 12.3. The van der Waals surface area contributed by atoms with Crippen LogP contribution in [0.3, 0.4) is 0 Å². The number of halogens is 1. The zero-order valence-corrected chi connectivity index (χ0v) is 15.9. The first-order chi connectivity index (χ1) is 13.5. The van der Waals surface area contributed by atoms with Gasteiger partial charge in [0.25, 0.3) is 5.91 Å². The van der Waals surface area contributed by atoms with Crippen molar-refractivity contribution in [3.8, 4) is 11.5 Å². The molecule has 0 fully saturated rings. The van der Waals surface area contributed by atoms with Gasteiger partial charge in [-0.25, -0.2) is 4.79 Å². The summed E-state index contributed by atoms with van der Waals surface area (Å²) >= 11 is 6.16. The van der Waals surface area contributed by atoms with Crippen LogP contribution in [0.4, 0.5) is 5.69 Å². The number of fused-ring (bicyclic) bond motifs is 1. The summed E-state index contributed by atoms with van der Waals surface area (Å²) < 4.78 is 16.1. The predicted molar refractivity (Wildman–Crippen MR) is 102 cm³/mol. The lowest BCUT2D eigenvalue weighted by molar-refractivity contribution is -0.119. The van der Waals surface area contributed by atoms with E-state index in [-0.39, 0.29) is 16.4 Å². The van der Waals surface area contributed by atoms with Crippen LogP contribution >= 0.6 is 11.6 Å². The van der Waals surface area contributed by atoms with E-state index in [0.29, 0.717) is 42.4 Å². The number of ether oxygens (including phenoxy) is 3. The molecule has 2 aromatic rings. The Morgan fingerprint density at radius 2 is 1.89 bits per heavy atom. The van der Waals surface area contributed by atoms with E-state index in [9.17, 15) is 14.4 Å². The molecule has 0 bridgehead atoms. The highest BCUT2D eigenvalue weighted by Gasteiger charge is 2.20. The fraction of sp³-hybridized carbons (Fsp3) is 0.250. The highest BCUT2D eigenvalue weighted by molar-refractivity contribution is 6.32. The molecular weight excluding hydrogens is 386 g/mol. The predicted octanol–water partition coefficient (Wildman–Crippen LogP) is 3.50. The maximum Gasteiger partial charge on any atom is 0.338 e. The van der Waals surface area contributed by atoms with Crippen LogP contribution in [0.15, 0.2) is 36.4 Å². The lowest BCUT2D eigenvalue weighted by Crippen LogP contribution is -2.22. The summed E-state index contributed by atoms with van der Waals surface area (Å²) in [6.07, 6.45) is 0.701. The van der Waals surface area contributed by atoms with Gasteiger partial charge in [-0.3, -0.25) is 9.59 Å². The van der Waals surface area contributed by atoms with Gasteiger partial charge in [-0.05, 0) is 31.2 Å². The molecule has 0 spiro atoms. The van der Waals surface area contributed by atoms with E-state index < -0.39 is 18.5 Å². The number of anilines is 1. The first-order valence-electron chi connectivity index (χ1n) is 8.62. The van der Waals surface area contributed by atoms with Gasteiger partial charge in [-0.2, -0.15) is 0 Å². The second-order valence-corrected chi connectivity index (χ2v) is 6.47. The smallest absolute Gasteiger partial charge is 0.338 e. The van der Waals surface area contributed by atoms with Crippen molar-refractivity contribution < 1.29 is 28.6 Å². The van der Waals surface area contributed by atoms with Crippen molar-refractivity contribution in [1.82, 2.24) is 0 Å². The molecule has 3 rings (SSSR count). The van der Waals surface area contributed by atoms with Crippen LogP contribution < -0.4 is 14.8 Å². The minimum Gasteiger partial charge on any atom is -0.489 e. The highest BCUT2D eigenvalue weighted by Crippen LogP contribution is 2.38. The van der Waals surface area contributed by atoms with Gasteiger partial charge in [0.15, 0.2) is 23.9 Å². The molecule has 0 unspecified atom stereocenters. The maximum atomic E-state index is 12.3. The molecule has 0 saturated carbocycles. The van der Waals surface area contributed by atoms with E-state index >= 15 is 0 Å². The molecule has 1 amide bonds. The molecule has 7 nitrogen and oxygen atoms in total. The van der Waals surface area contributed by atoms with Crippen molar-refractivity contribution in [2.75, 3.05) is 25.1 Å². The molecule has 1 N–H and O–H groups in total. The highest BCUT2D eigenvalue weighted by atomic mass is 35.5. The van der Waals surface area contributed by atoms with Gasteiger partial charge in [-0.1, -0.05) is 23.7 Å². The second-order valence-electron chi connectivity index (χ2n) is 6.06. The minimum atomic E-state index is -0.729. The lowest BCUT2D eigenvalue weighted by Gasteiger charge is -2.12. The summed E-state index contributed by atoms with van der Waals surface area (Å²) in [5.74, 6) is -0.740. The number of benzene rings is 2. The molecule has 1 heterocycles. The van der Waals surface area contributed by atoms with E-state index in [1.54, 1.807) is 24.3 Å². The van der Waals surface area contributed by atoms with Crippen molar-refractivity contribution in [1.29, 1.82) is 0 Å². The summed E-state index contributed by atoms with van der Waals surface area (Å²) in [7, 11) is 0. The number of carbonyl (C=O) groups is 3. The summed E-state index contributed by atoms with van der Waals surface area (Å²) in [5.41, 5.74) is 0.873. The minimum absolute atomic E-state index is 0.145. The van der Waals surface area contributed by atoms with Crippen molar-refractivity contribution >= 4 is 34.9 Å². The molecule has 0 aliphatic carbocycles. The Hall–Kier alpha value is -3.06. The first kappa shape index (κ1) is 19.7. The van der Waals surface area contributed by atoms with E-state index in [1.807, 2.05) is 0 Å². The van der Waals surface area contributed by atoms with Gasteiger partial charge in [-0.15, -0.1) is 0 Å². The van der Waals surface area contributed by atoms with Crippen molar-refractivity contribution in [3.05, 3.63) is 52.5 Å². The van der Waals surface area contributed by atoms with E-state index in [0.717, 1.165) is 0 Å². The molecule has 8 heteroatoms. The summed E-state index contributed by atoms with van der Waals surface area (Å²) in [4.78, 5) is 36.0. The zero-order valence-electron chi connectivity index (χ0n) is 15.1. The van der Waals surface area contributed by atoms with Crippen LogP contribution in [0.5, 0.6) is 11.5 Å². The number of ketones is 1. The Kier molecular flexibility index (Phi) is 6.16. The number of hydrogen-bond donors (Lipinski definition) is 1. The summed E-state index contributed by atoms with van der Waals surface area (Å²) in [6.45, 7) is 1.80. The average molecular weight is 404 g/mol. The Morgan fingerprint density at radius 3 is 2.68 bits per heavy atom. The molecule has 2 aromatic carbocycles. The van der Waals surface area contributed by atoms with Crippen molar-refractivity contribution in [2.24, 2.45) is 0 Å². The molecular formula is C20H18ClNO6. The molecule has 146 valence electrons. The zero-order chi connectivity index (χ0) is 20.1. The Morgan fingerprint density at radius 1 is 1.14 bits per heavy atom. The Labute approximate surface area is 166 Å². The molecule has 0 aromatic heterocycles. The van der Waals surface area contributed by atoms with Gasteiger partial charge in [0, 0.05) is 12.0 Å². The quantitative estimate of drug-likeness (QED) is 0.607. The largest absolute Gasteiger partial charge is 0.489 e. The van der Waals surface area contributed by atoms with Crippen molar-refractivity contribution in [3.63, 3.8) is 0 Å². The van der Waals surface area contributed by atoms with Crippen LogP contribution in [-0.2, 0) is 9.53 Å². The molecule has 28 heavy (non-hydrogen) atoms. The number of rotatable bonds is 5. The molecule has 1 aliphatic heterocycles. The van der Waals surface area contributed by atoms with Crippen molar-refractivity contribution in [2.45, 2.75) is 13.3 Å². The van der Waals surface area contributed by atoms with Gasteiger partial charge in [0.1, 0.15) is 0 Å². The fourth-order valence-corrected chi connectivity index (χ4v) is 2.91. The molecule has 1 aliphatic rings. The Balaban J connectivity index is 1.64. The van der Waals surface area contributed by atoms with Gasteiger partial charge in [0.05, 0.1) is 29.5 Å².